The maximum absolute atomic E-state index is 6.23. The van der Waals surface area contributed by atoms with Crippen molar-refractivity contribution in [1.82, 2.24) is 4.90 Å². The van der Waals surface area contributed by atoms with Crippen LogP contribution in [0.15, 0.2) is 11.4 Å². The molecule has 102 valence electrons. The molecular formula is C13H20Cl2N2S. The minimum atomic E-state index is 0. The van der Waals surface area contributed by atoms with Crippen LogP contribution >= 0.6 is 35.3 Å². The predicted molar refractivity (Wildman–Crippen MR) is 80.7 cm³/mol. The van der Waals surface area contributed by atoms with E-state index in [1.54, 1.807) is 11.3 Å². The van der Waals surface area contributed by atoms with Crippen molar-refractivity contribution in [1.29, 1.82) is 0 Å². The zero-order chi connectivity index (χ0) is 11.8. The van der Waals surface area contributed by atoms with Gasteiger partial charge in [-0.05, 0) is 30.7 Å². The average Bonchev–Trinajstić information content (AvgIpc) is 2.86. The fourth-order valence-corrected chi connectivity index (χ4v) is 4.51. The Morgan fingerprint density at radius 3 is 2.89 bits per heavy atom. The Morgan fingerprint density at radius 1 is 1.39 bits per heavy atom. The van der Waals surface area contributed by atoms with E-state index in [-0.39, 0.29) is 12.4 Å². The maximum Gasteiger partial charge on any atom is 0.0516 e. The molecule has 0 bridgehead atoms. The first-order valence-corrected chi connectivity index (χ1v) is 7.69. The molecule has 0 radical (unpaired) electrons. The van der Waals surface area contributed by atoms with Gasteiger partial charge in [0.25, 0.3) is 0 Å². The van der Waals surface area contributed by atoms with Gasteiger partial charge in [-0.15, -0.1) is 23.7 Å². The second-order valence-electron chi connectivity index (χ2n) is 5.44. The number of nitrogens with zero attached hydrogens (tertiary/aromatic N) is 1. The number of halogens is 2. The summed E-state index contributed by atoms with van der Waals surface area (Å²) in [4.78, 5) is 3.94. The highest BCUT2D eigenvalue weighted by atomic mass is 35.5. The summed E-state index contributed by atoms with van der Waals surface area (Å²) >= 11 is 7.73. The fraction of sp³-hybridized carbons (Fsp3) is 0.692. The van der Waals surface area contributed by atoms with Gasteiger partial charge in [0, 0.05) is 35.9 Å². The largest absolute Gasteiger partial charge is 0.327 e. The van der Waals surface area contributed by atoms with Crippen LogP contribution in [0.25, 0.3) is 0 Å². The Bertz CT molecular complexity index is 396. The predicted octanol–water partition coefficient (Wildman–Crippen LogP) is 3.38. The number of thiophene rings is 1. The highest BCUT2D eigenvalue weighted by Crippen LogP contribution is 2.36. The number of hydrogen-bond acceptors (Lipinski definition) is 3. The smallest absolute Gasteiger partial charge is 0.0516 e. The summed E-state index contributed by atoms with van der Waals surface area (Å²) in [5, 5.41) is 2.89. The molecule has 1 aliphatic heterocycles. The number of hydrogen-bond donors (Lipinski definition) is 1. The Hall–Kier alpha value is 0.200. The van der Waals surface area contributed by atoms with Crippen molar-refractivity contribution >= 4 is 35.3 Å². The fourth-order valence-electron chi connectivity index (χ4n) is 3.40. The Balaban J connectivity index is 0.00000120. The van der Waals surface area contributed by atoms with Gasteiger partial charge in [0.05, 0.1) is 5.02 Å². The molecule has 1 saturated carbocycles. The molecule has 3 atom stereocenters. The second-order valence-corrected chi connectivity index (χ2v) is 6.88. The van der Waals surface area contributed by atoms with Crippen molar-refractivity contribution in [3.8, 4) is 0 Å². The number of nitrogens with two attached hydrogens (primary N) is 1. The third-order valence-corrected chi connectivity index (χ3v) is 5.50. The van der Waals surface area contributed by atoms with Crippen molar-refractivity contribution in [2.24, 2.45) is 17.6 Å². The molecule has 18 heavy (non-hydrogen) atoms. The quantitative estimate of drug-likeness (QED) is 0.907. The Labute approximate surface area is 124 Å². The number of fused-ring (bicyclic) bond motifs is 1. The summed E-state index contributed by atoms with van der Waals surface area (Å²) < 4.78 is 0. The molecule has 1 aromatic rings. The standard InChI is InChI=1S/C13H19ClN2S.ClH/c14-10-4-11(17-8-10)6-16-5-9-2-1-3-13(15)12(9)7-16;/h4,8-9,12-13H,1-3,5-7,15H2;1H. The highest BCUT2D eigenvalue weighted by molar-refractivity contribution is 7.10. The molecule has 1 aromatic heterocycles. The lowest BCUT2D eigenvalue weighted by molar-refractivity contribution is 0.259. The summed E-state index contributed by atoms with van der Waals surface area (Å²) in [6.45, 7) is 3.46. The average molecular weight is 307 g/mol. The summed E-state index contributed by atoms with van der Waals surface area (Å²) in [5.74, 6) is 1.58. The van der Waals surface area contributed by atoms with Crippen LogP contribution in [0.3, 0.4) is 0 Å². The van der Waals surface area contributed by atoms with Gasteiger partial charge >= 0.3 is 0 Å². The van der Waals surface area contributed by atoms with Crippen LogP contribution < -0.4 is 5.73 Å². The number of rotatable bonds is 2. The van der Waals surface area contributed by atoms with Crippen molar-refractivity contribution in [3.63, 3.8) is 0 Å². The van der Waals surface area contributed by atoms with Crippen LogP contribution in [0.5, 0.6) is 0 Å². The summed E-state index contributed by atoms with van der Waals surface area (Å²) in [6, 6.07) is 2.53. The Kier molecular flexibility index (Phi) is 4.95. The molecule has 2 fully saturated rings. The van der Waals surface area contributed by atoms with Crippen LogP contribution in [0.2, 0.25) is 5.02 Å². The van der Waals surface area contributed by atoms with Crippen molar-refractivity contribution < 1.29 is 0 Å². The van der Waals surface area contributed by atoms with Crippen molar-refractivity contribution in [2.45, 2.75) is 31.8 Å². The molecule has 3 unspecified atom stereocenters. The van der Waals surface area contributed by atoms with Crippen LogP contribution in [0.1, 0.15) is 24.1 Å². The van der Waals surface area contributed by atoms with Gasteiger partial charge in [-0.3, -0.25) is 4.90 Å². The zero-order valence-corrected chi connectivity index (χ0v) is 12.7. The minimum Gasteiger partial charge on any atom is -0.327 e. The lowest BCUT2D eigenvalue weighted by Gasteiger charge is -2.29. The molecule has 0 aromatic carbocycles. The van der Waals surface area contributed by atoms with Crippen molar-refractivity contribution in [3.05, 3.63) is 21.3 Å². The van der Waals surface area contributed by atoms with Gasteiger partial charge in [0.1, 0.15) is 0 Å². The molecule has 5 heteroatoms. The monoisotopic (exact) mass is 306 g/mol. The third kappa shape index (κ3) is 3.02. The van der Waals surface area contributed by atoms with Gasteiger partial charge in [-0.1, -0.05) is 18.0 Å². The normalized spacial score (nSPS) is 32.0. The second kappa shape index (κ2) is 6.10. The van der Waals surface area contributed by atoms with Gasteiger partial charge < -0.3 is 5.73 Å². The van der Waals surface area contributed by atoms with E-state index in [9.17, 15) is 0 Å². The van der Waals surface area contributed by atoms with E-state index in [0.29, 0.717) is 6.04 Å². The first-order valence-electron chi connectivity index (χ1n) is 6.43. The summed E-state index contributed by atoms with van der Waals surface area (Å²) in [5.41, 5.74) is 6.23. The van der Waals surface area contributed by atoms with Gasteiger partial charge in [-0.2, -0.15) is 0 Å². The first kappa shape index (κ1) is 14.6. The van der Waals surface area contributed by atoms with E-state index in [1.165, 1.54) is 37.2 Å². The minimum absolute atomic E-state index is 0. The molecule has 0 spiro atoms. The molecule has 1 aliphatic carbocycles. The van der Waals surface area contributed by atoms with Gasteiger partial charge in [-0.25, -0.2) is 0 Å². The lowest BCUT2D eigenvalue weighted by atomic mass is 9.78. The van der Waals surface area contributed by atoms with E-state index in [4.69, 9.17) is 17.3 Å². The van der Waals surface area contributed by atoms with Crippen LogP contribution in [0.4, 0.5) is 0 Å². The van der Waals surface area contributed by atoms with E-state index in [2.05, 4.69) is 11.0 Å². The molecule has 1 saturated heterocycles. The molecule has 2 N–H and O–H groups in total. The zero-order valence-electron chi connectivity index (χ0n) is 10.3. The van der Waals surface area contributed by atoms with E-state index >= 15 is 0 Å². The van der Waals surface area contributed by atoms with Crippen LogP contribution in [0, 0.1) is 11.8 Å². The lowest BCUT2D eigenvalue weighted by Crippen LogP contribution is -2.38. The molecule has 3 rings (SSSR count). The van der Waals surface area contributed by atoms with E-state index < -0.39 is 0 Å². The molecule has 0 amide bonds. The molecule has 2 nitrogen and oxygen atoms in total. The topological polar surface area (TPSA) is 29.3 Å². The van der Waals surface area contributed by atoms with Gasteiger partial charge in [0.15, 0.2) is 0 Å². The molecule has 2 heterocycles. The maximum atomic E-state index is 6.23. The highest BCUT2D eigenvalue weighted by Gasteiger charge is 2.38. The summed E-state index contributed by atoms with van der Waals surface area (Å²) in [6.07, 6.45) is 3.92. The first-order chi connectivity index (χ1) is 8.22. The Morgan fingerprint density at radius 2 is 2.22 bits per heavy atom. The van der Waals surface area contributed by atoms with Crippen LogP contribution in [-0.4, -0.2) is 24.0 Å². The molecular weight excluding hydrogens is 287 g/mol. The van der Waals surface area contributed by atoms with E-state index in [0.717, 1.165) is 23.4 Å². The SMILES string of the molecule is Cl.NC1CCCC2CN(Cc3cc(Cl)cs3)CC12. The van der Waals surface area contributed by atoms with Crippen molar-refractivity contribution in [2.75, 3.05) is 13.1 Å². The third-order valence-electron chi connectivity index (χ3n) is 4.23. The summed E-state index contributed by atoms with van der Waals surface area (Å²) in [7, 11) is 0. The molecule has 2 aliphatic rings. The van der Waals surface area contributed by atoms with Crippen LogP contribution in [-0.2, 0) is 6.54 Å². The van der Waals surface area contributed by atoms with Gasteiger partial charge in [0.2, 0.25) is 0 Å². The van der Waals surface area contributed by atoms with E-state index in [1.807, 2.05) is 5.38 Å². The number of likely N-dealkylation sites (tertiary alicyclic amines) is 1.